The number of phenolic OH excluding ortho intramolecular Hbond substituents is 1. The number of benzene rings is 1. The Hall–Kier alpha value is -1.29. The normalized spacial score (nSPS) is 15.1. The van der Waals surface area contributed by atoms with Crippen LogP contribution in [-0.2, 0) is 0 Å². The molecule has 1 amide bonds. The number of nitrogens with zero attached hydrogens (tertiary/aromatic N) is 1. The SMILES string of the molecule is O=C(c1c(O)cccc1F)N(CCCCl)C1CCC1. The minimum Gasteiger partial charge on any atom is -0.507 e. The highest BCUT2D eigenvalue weighted by molar-refractivity contribution is 6.17. The van der Waals surface area contributed by atoms with Gasteiger partial charge >= 0.3 is 0 Å². The molecule has 0 spiro atoms. The summed E-state index contributed by atoms with van der Waals surface area (Å²) in [5.74, 6) is -0.967. The van der Waals surface area contributed by atoms with Crippen molar-refractivity contribution in [1.29, 1.82) is 0 Å². The van der Waals surface area contributed by atoms with Crippen LogP contribution in [-0.4, -0.2) is 34.4 Å². The lowest BCUT2D eigenvalue weighted by molar-refractivity contribution is 0.0573. The van der Waals surface area contributed by atoms with E-state index in [9.17, 15) is 14.3 Å². The molecule has 19 heavy (non-hydrogen) atoms. The molecule has 5 heteroatoms. The van der Waals surface area contributed by atoms with Gasteiger partial charge in [0.2, 0.25) is 0 Å². The van der Waals surface area contributed by atoms with E-state index < -0.39 is 11.7 Å². The van der Waals surface area contributed by atoms with Gasteiger partial charge in [-0.2, -0.15) is 0 Å². The van der Waals surface area contributed by atoms with Crippen molar-refractivity contribution < 1.29 is 14.3 Å². The summed E-state index contributed by atoms with van der Waals surface area (Å²) in [5.41, 5.74) is -0.232. The van der Waals surface area contributed by atoms with Gasteiger partial charge in [0, 0.05) is 18.5 Å². The monoisotopic (exact) mass is 285 g/mol. The fourth-order valence-corrected chi connectivity index (χ4v) is 2.37. The van der Waals surface area contributed by atoms with Crippen LogP contribution < -0.4 is 0 Å². The van der Waals surface area contributed by atoms with Gasteiger partial charge in [-0.15, -0.1) is 11.6 Å². The molecule has 0 radical (unpaired) electrons. The largest absolute Gasteiger partial charge is 0.507 e. The van der Waals surface area contributed by atoms with Crippen LogP contribution in [0.4, 0.5) is 4.39 Å². The maximum absolute atomic E-state index is 13.7. The van der Waals surface area contributed by atoms with E-state index in [1.165, 1.54) is 18.2 Å². The third-order valence-electron chi connectivity index (χ3n) is 3.51. The number of hydrogen-bond acceptors (Lipinski definition) is 2. The minimum absolute atomic E-state index is 0.148. The number of alkyl halides is 1. The fraction of sp³-hybridized carbons (Fsp3) is 0.500. The van der Waals surface area contributed by atoms with E-state index in [0.717, 1.165) is 19.3 Å². The Morgan fingerprint density at radius 3 is 2.74 bits per heavy atom. The van der Waals surface area contributed by atoms with Gasteiger partial charge in [-0.05, 0) is 37.8 Å². The van der Waals surface area contributed by atoms with Crippen LogP contribution in [0.2, 0.25) is 0 Å². The number of aromatic hydroxyl groups is 1. The highest BCUT2D eigenvalue weighted by Gasteiger charge is 2.31. The molecule has 3 nitrogen and oxygen atoms in total. The summed E-state index contributed by atoms with van der Waals surface area (Å²) in [6.45, 7) is 0.501. The van der Waals surface area contributed by atoms with Crippen LogP contribution in [0.3, 0.4) is 0 Å². The van der Waals surface area contributed by atoms with E-state index in [-0.39, 0.29) is 17.4 Å². The highest BCUT2D eigenvalue weighted by atomic mass is 35.5. The van der Waals surface area contributed by atoms with Gasteiger partial charge in [-0.1, -0.05) is 6.07 Å². The maximum Gasteiger partial charge on any atom is 0.260 e. The van der Waals surface area contributed by atoms with Crippen molar-refractivity contribution in [3.05, 3.63) is 29.6 Å². The van der Waals surface area contributed by atoms with Crippen LogP contribution >= 0.6 is 11.6 Å². The predicted molar refractivity (Wildman–Crippen MR) is 72.1 cm³/mol. The Labute approximate surface area is 117 Å². The Morgan fingerprint density at radius 2 is 2.21 bits per heavy atom. The highest BCUT2D eigenvalue weighted by Crippen LogP contribution is 2.29. The van der Waals surface area contributed by atoms with E-state index in [1.807, 2.05) is 0 Å². The zero-order valence-electron chi connectivity index (χ0n) is 10.6. The molecule has 0 aromatic heterocycles. The summed E-state index contributed by atoms with van der Waals surface area (Å²) < 4.78 is 13.7. The van der Waals surface area contributed by atoms with E-state index >= 15 is 0 Å². The van der Waals surface area contributed by atoms with Gasteiger partial charge in [0.15, 0.2) is 0 Å². The molecule has 0 heterocycles. The second-order valence-electron chi connectivity index (χ2n) is 4.76. The molecule has 2 rings (SSSR count). The number of rotatable bonds is 5. The molecule has 0 atom stereocenters. The summed E-state index contributed by atoms with van der Waals surface area (Å²) >= 11 is 5.66. The zero-order valence-corrected chi connectivity index (χ0v) is 11.4. The number of halogens is 2. The first-order chi connectivity index (χ1) is 9.15. The van der Waals surface area contributed by atoms with Crippen LogP contribution in [0.15, 0.2) is 18.2 Å². The molecule has 1 aliphatic rings. The number of hydrogen-bond donors (Lipinski definition) is 1. The lowest BCUT2D eigenvalue weighted by Crippen LogP contribution is -2.45. The molecule has 1 aromatic carbocycles. The summed E-state index contributed by atoms with van der Waals surface area (Å²) in [7, 11) is 0. The number of carbonyl (C=O) groups is 1. The molecule has 0 aliphatic heterocycles. The first kappa shape index (κ1) is 14.1. The molecule has 1 fully saturated rings. The Balaban J connectivity index is 2.22. The van der Waals surface area contributed by atoms with Crippen molar-refractivity contribution in [3.63, 3.8) is 0 Å². The van der Waals surface area contributed by atoms with Crippen LogP contribution in [0.1, 0.15) is 36.0 Å². The number of phenols is 1. The molecule has 0 saturated heterocycles. The standard InChI is InChI=1S/C14H17ClFNO2/c15-8-3-9-17(10-4-1-5-10)14(19)13-11(16)6-2-7-12(13)18/h2,6-7,10,18H,1,3-5,8-9H2. The average Bonchev–Trinajstić information content (AvgIpc) is 2.31. The summed E-state index contributed by atoms with van der Waals surface area (Å²) in [6, 6.07) is 4.05. The van der Waals surface area contributed by atoms with Gasteiger partial charge in [0.1, 0.15) is 17.1 Å². The zero-order chi connectivity index (χ0) is 13.8. The van der Waals surface area contributed by atoms with E-state index in [2.05, 4.69) is 0 Å². The van der Waals surface area contributed by atoms with Crippen molar-refractivity contribution >= 4 is 17.5 Å². The summed E-state index contributed by atoms with van der Waals surface area (Å²) in [6.07, 6.45) is 3.62. The Kier molecular flexibility index (Phi) is 4.64. The van der Waals surface area contributed by atoms with Crippen molar-refractivity contribution in [3.8, 4) is 5.75 Å². The van der Waals surface area contributed by atoms with Gasteiger partial charge < -0.3 is 10.0 Å². The number of carbonyl (C=O) groups excluding carboxylic acids is 1. The second-order valence-corrected chi connectivity index (χ2v) is 5.14. The van der Waals surface area contributed by atoms with Crippen molar-refractivity contribution in [1.82, 2.24) is 4.90 Å². The molecule has 1 saturated carbocycles. The quantitative estimate of drug-likeness (QED) is 0.844. The lowest BCUT2D eigenvalue weighted by Gasteiger charge is -2.37. The third kappa shape index (κ3) is 3.00. The van der Waals surface area contributed by atoms with E-state index in [1.54, 1.807) is 4.90 Å². The molecule has 1 aliphatic carbocycles. The van der Waals surface area contributed by atoms with Crippen LogP contribution in [0.5, 0.6) is 5.75 Å². The molecule has 1 N–H and O–H groups in total. The first-order valence-electron chi connectivity index (χ1n) is 6.49. The molecule has 0 unspecified atom stereocenters. The van der Waals surface area contributed by atoms with Crippen LogP contribution in [0.25, 0.3) is 0 Å². The average molecular weight is 286 g/mol. The number of amides is 1. The molecule has 104 valence electrons. The van der Waals surface area contributed by atoms with Gasteiger partial charge in [0.25, 0.3) is 5.91 Å². The van der Waals surface area contributed by atoms with Crippen LogP contribution in [0, 0.1) is 5.82 Å². The minimum atomic E-state index is -0.680. The molecular weight excluding hydrogens is 269 g/mol. The topological polar surface area (TPSA) is 40.5 Å². The van der Waals surface area contributed by atoms with Gasteiger partial charge in [-0.25, -0.2) is 4.39 Å². The first-order valence-corrected chi connectivity index (χ1v) is 7.03. The third-order valence-corrected chi connectivity index (χ3v) is 3.78. The Bertz CT molecular complexity index is 443. The lowest BCUT2D eigenvalue weighted by atomic mass is 9.90. The summed E-state index contributed by atoms with van der Waals surface area (Å²) in [5, 5.41) is 9.70. The fourth-order valence-electron chi connectivity index (χ4n) is 2.25. The van der Waals surface area contributed by atoms with Gasteiger partial charge in [0.05, 0.1) is 0 Å². The van der Waals surface area contributed by atoms with E-state index in [4.69, 9.17) is 11.6 Å². The van der Waals surface area contributed by atoms with Crippen molar-refractivity contribution in [2.75, 3.05) is 12.4 Å². The van der Waals surface area contributed by atoms with Gasteiger partial charge in [-0.3, -0.25) is 4.79 Å². The van der Waals surface area contributed by atoms with E-state index in [0.29, 0.717) is 18.8 Å². The Morgan fingerprint density at radius 1 is 1.47 bits per heavy atom. The van der Waals surface area contributed by atoms with Crippen molar-refractivity contribution in [2.24, 2.45) is 0 Å². The maximum atomic E-state index is 13.7. The molecular formula is C14H17ClFNO2. The smallest absolute Gasteiger partial charge is 0.260 e. The second kappa shape index (κ2) is 6.24. The molecule has 0 bridgehead atoms. The summed E-state index contributed by atoms with van der Waals surface area (Å²) in [4.78, 5) is 14.1. The van der Waals surface area contributed by atoms with Crippen molar-refractivity contribution in [2.45, 2.75) is 31.7 Å². The molecule has 1 aromatic rings. The predicted octanol–water partition coefficient (Wildman–Crippen LogP) is 3.15.